The van der Waals surface area contributed by atoms with Crippen molar-refractivity contribution in [2.24, 2.45) is 20.3 Å². The maximum atomic E-state index is 11.0. The summed E-state index contributed by atoms with van der Waals surface area (Å²) < 4.78 is 3.63. The van der Waals surface area contributed by atoms with E-state index in [1.165, 1.54) is 38.5 Å². The number of halogens is 2. The molecule has 0 bridgehead atoms. The summed E-state index contributed by atoms with van der Waals surface area (Å²) in [6.07, 6.45) is 17.1. The SMILES string of the molecule is C.CSCS(C)=NC#N.NC1=NN=C(N2CCC(N3CCCCC3C(O)c3ccc(Cl)cc3)CC2)C1.OC(c1ccc(Cl)cc1)C1CCCCN1C1CCNCC1. The lowest BCUT2D eigenvalue weighted by Gasteiger charge is -2.46. The van der Waals surface area contributed by atoms with Gasteiger partial charge >= 0.3 is 0 Å². The minimum atomic E-state index is -0.465. The van der Waals surface area contributed by atoms with E-state index in [1.54, 1.807) is 18.0 Å². The fraction of sp³-hybridized carbons (Fsp3) is 0.643. The highest BCUT2D eigenvalue weighted by Gasteiger charge is 2.37. The van der Waals surface area contributed by atoms with Crippen molar-refractivity contribution in [2.45, 2.75) is 114 Å². The standard InChI is InChI=1S/C20H28ClN5O.C17H25ClN2O.C4H8N2S2.CH4/c21-15-6-4-14(5-7-15)20(27)17-3-1-2-10-26(17)16-8-11-25(12-9-16)19-13-18(22)23-24-19;18-14-6-4-13(5-7-14)17(21)16-3-1-2-12-20(16)15-8-10-19-11-9-15;1-7-4-8(2)6-3-5;/h4-7,16-17,20,27H,1-3,8-13H2,(H2,22,23);4-7,15-17,19,21H,1-3,8-12H2;4H2,1-2H3;1H4. The van der Waals surface area contributed by atoms with Crippen LogP contribution in [-0.2, 0) is 10.7 Å². The van der Waals surface area contributed by atoms with Crippen molar-refractivity contribution < 1.29 is 10.2 Å². The maximum Gasteiger partial charge on any atom is 0.212 e. The van der Waals surface area contributed by atoms with Crippen LogP contribution in [0.5, 0.6) is 0 Å². The molecule has 57 heavy (non-hydrogen) atoms. The predicted octanol–water partition coefficient (Wildman–Crippen LogP) is 7.60. The summed E-state index contributed by atoms with van der Waals surface area (Å²) in [4.78, 5) is 7.44. The first-order chi connectivity index (χ1) is 27.2. The molecule has 4 fully saturated rings. The maximum absolute atomic E-state index is 11.0. The van der Waals surface area contributed by atoms with Crippen LogP contribution in [0.1, 0.15) is 101 Å². The highest BCUT2D eigenvalue weighted by molar-refractivity contribution is 8.10. The summed E-state index contributed by atoms with van der Waals surface area (Å²) >= 11 is 13.7. The van der Waals surface area contributed by atoms with Gasteiger partial charge in [-0.15, -0.1) is 10.2 Å². The Kier molecular flexibility index (Phi) is 20.6. The van der Waals surface area contributed by atoms with Gasteiger partial charge in [0.05, 0.1) is 23.7 Å². The third-order valence-electron chi connectivity index (χ3n) is 11.5. The van der Waals surface area contributed by atoms with E-state index in [0.29, 0.717) is 29.4 Å². The number of nitriles is 1. The minimum absolute atomic E-state index is 0. The number of aliphatic hydroxyl groups excluding tert-OH is 2. The Morgan fingerprint density at radius 1 is 0.825 bits per heavy atom. The Morgan fingerprint density at radius 2 is 1.32 bits per heavy atom. The second-order valence-electron chi connectivity index (χ2n) is 15.3. The molecule has 15 heteroatoms. The average molecular weight is 863 g/mol. The third-order valence-corrected chi connectivity index (χ3v) is 14.7. The second kappa shape index (κ2) is 24.7. The summed E-state index contributed by atoms with van der Waals surface area (Å²) in [5.41, 5.74) is 7.71. The van der Waals surface area contributed by atoms with Crippen molar-refractivity contribution in [3.8, 4) is 6.19 Å². The molecule has 5 aliphatic heterocycles. The molecular formula is C42H65Cl2N9O2S2. The van der Waals surface area contributed by atoms with Gasteiger partial charge in [-0.1, -0.05) is 78.4 Å². The van der Waals surface area contributed by atoms with Gasteiger partial charge in [0.2, 0.25) is 6.19 Å². The molecule has 0 aromatic heterocycles. The van der Waals surface area contributed by atoms with Gasteiger partial charge in [-0.3, -0.25) is 9.80 Å². The van der Waals surface area contributed by atoms with Crippen LogP contribution in [0.4, 0.5) is 0 Å². The quantitative estimate of drug-likeness (QED) is 0.197. The second-order valence-corrected chi connectivity index (χ2v) is 19.1. The van der Waals surface area contributed by atoms with Crippen molar-refractivity contribution in [3.63, 3.8) is 0 Å². The predicted molar refractivity (Wildman–Crippen MR) is 242 cm³/mol. The van der Waals surface area contributed by atoms with E-state index < -0.39 is 12.2 Å². The van der Waals surface area contributed by atoms with E-state index in [4.69, 9.17) is 34.2 Å². The van der Waals surface area contributed by atoms with Gasteiger partial charge in [-0.05, 0) is 125 Å². The molecule has 0 radical (unpaired) electrons. The normalized spacial score (nSPS) is 24.0. The molecule has 7 rings (SSSR count). The largest absolute Gasteiger partial charge is 0.387 e. The molecule has 0 amide bonds. The summed E-state index contributed by atoms with van der Waals surface area (Å²) in [7, 11) is -0.0432. The van der Waals surface area contributed by atoms with Crippen LogP contribution in [0, 0.1) is 11.5 Å². The van der Waals surface area contributed by atoms with Crippen LogP contribution in [0.25, 0.3) is 0 Å². The fourth-order valence-corrected chi connectivity index (χ4v) is 10.7. The molecule has 0 spiro atoms. The summed E-state index contributed by atoms with van der Waals surface area (Å²) in [6, 6.07) is 16.9. The molecule has 4 saturated heterocycles. The van der Waals surface area contributed by atoms with Crippen molar-refractivity contribution in [2.75, 3.05) is 56.9 Å². The lowest BCUT2D eigenvalue weighted by molar-refractivity contribution is -0.0128. The van der Waals surface area contributed by atoms with Gasteiger partial charge in [0.25, 0.3) is 0 Å². The lowest BCUT2D eigenvalue weighted by atomic mass is 9.89. The van der Waals surface area contributed by atoms with E-state index in [2.05, 4.69) is 34.6 Å². The number of hydrogen-bond donors (Lipinski definition) is 4. The summed E-state index contributed by atoms with van der Waals surface area (Å²) in [6.45, 7) is 6.35. The Hall–Kier alpha value is -2.25. The number of thioether (sulfide) groups is 1. The van der Waals surface area contributed by atoms with Gasteiger partial charge in [0.15, 0.2) is 0 Å². The molecule has 5 atom stereocenters. The highest BCUT2D eigenvalue weighted by atomic mass is 35.5. The van der Waals surface area contributed by atoms with Crippen LogP contribution >= 0.6 is 35.0 Å². The van der Waals surface area contributed by atoms with Crippen LogP contribution in [0.15, 0.2) is 63.1 Å². The number of hydrogen-bond acceptors (Lipinski definition) is 12. The average Bonchev–Trinajstić information content (AvgIpc) is 3.68. The highest BCUT2D eigenvalue weighted by Crippen LogP contribution is 2.34. The Morgan fingerprint density at radius 3 is 1.75 bits per heavy atom. The topological polar surface area (TPSA) is 149 Å². The van der Waals surface area contributed by atoms with E-state index in [-0.39, 0.29) is 30.2 Å². The van der Waals surface area contributed by atoms with Crippen LogP contribution in [-0.4, -0.2) is 118 Å². The molecular weight excluding hydrogens is 798 g/mol. The summed E-state index contributed by atoms with van der Waals surface area (Å²) in [5.74, 6) is 1.61. The number of aliphatic hydroxyl groups is 2. The zero-order chi connectivity index (χ0) is 39.9. The van der Waals surface area contributed by atoms with Gasteiger partial charge < -0.3 is 26.2 Å². The Bertz CT molecular complexity index is 1630. The van der Waals surface area contributed by atoms with Crippen LogP contribution < -0.4 is 11.1 Å². The van der Waals surface area contributed by atoms with Gasteiger partial charge in [0.1, 0.15) is 11.7 Å². The van der Waals surface area contributed by atoms with Gasteiger partial charge in [-0.2, -0.15) is 21.4 Å². The zero-order valence-corrected chi connectivity index (χ0v) is 36.1. The first-order valence-electron chi connectivity index (χ1n) is 20.1. The number of nitrogens with zero attached hydrogens (tertiary/aromatic N) is 7. The van der Waals surface area contributed by atoms with Crippen molar-refractivity contribution in [1.29, 1.82) is 5.26 Å². The number of piperidine rings is 4. The molecule has 0 saturated carbocycles. The number of benzene rings is 2. The Balaban J connectivity index is 0.000000214. The van der Waals surface area contributed by atoms with E-state index >= 15 is 0 Å². The molecule has 5 aliphatic rings. The molecule has 5 N–H and O–H groups in total. The minimum Gasteiger partial charge on any atom is -0.387 e. The fourth-order valence-electron chi connectivity index (χ4n) is 8.70. The number of likely N-dealkylation sites (tertiary alicyclic amines) is 3. The number of nitrogens with two attached hydrogens (primary N) is 1. The molecule has 5 unspecified atom stereocenters. The van der Waals surface area contributed by atoms with Crippen molar-refractivity contribution in [3.05, 3.63) is 69.7 Å². The molecule has 2 aromatic carbocycles. The van der Waals surface area contributed by atoms with E-state index in [0.717, 1.165) is 92.0 Å². The smallest absolute Gasteiger partial charge is 0.212 e. The lowest BCUT2D eigenvalue weighted by Crippen LogP contribution is -2.53. The monoisotopic (exact) mass is 861 g/mol. The van der Waals surface area contributed by atoms with E-state index in [1.807, 2.05) is 61.0 Å². The van der Waals surface area contributed by atoms with E-state index in [9.17, 15) is 10.2 Å². The molecule has 2 aromatic rings. The first kappa shape index (κ1) is 47.4. The van der Waals surface area contributed by atoms with Gasteiger partial charge in [0, 0.05) is 47.3 Å². The summed E-state index contributed by atoms with van der Waals surface area (Å²) in [5, 5.41) is 43.9. The van der Waals surface area contributed by atoms with Crippen LogP contribution in [0.3, 0.4) is 0 Å². The third kappa shape index (κ3) is 14.2. The zero-order valence-electron chi connectivity index (χ0n) is 33.0. The molecule has 11 nitrogen and oxygen atoms in total. The molecule has 0 aliphatic carbocycles. The Labute approximate surface area is 358 Å². The molecule has 316 valence electrons. The van der Waals surface area contributed by atoms with Crippen molar-refractivity contribution >= 4 is 57.3 Å². The number of nitrogens with one attached hydrogen (secondary N) is 1. The van der Waals surface area contributed by atoms with Crippen LogP contribution in [0.2, 0.25) is 10.0 Å². The van der Waals surface area contributed by atoms with Gasteiger partial charge in [-0.25, -0.2) is 0 Å². The molecule has 5 heterocycles. The number of amidine groups is 2. The number of rotatable bonds is 8. The first-order valence-corrected chi connectivity index (χ1v) is 24.0. The van der Waals surface area contributed by atoms with Crippen molar-refractivity contribution in [1.82, 2.24) is 20.0 Å².